The molecule has 2 aromatic carbocycles. The van der Waals surface area contributed by atoms with Gasteiger partial charge in [0.05, 0.1) is 31.4 Å². The number of aromatic amines is 1. The highest BCUT2D eigenvalue weighted by molar-refractivity contribution is 8.00. The summed E-state index contributed by atoms with van der Waals surface area (Å²) >= 11 is 1.42. The van der Waals surface area contributed by atoms with E-state index < -0.39 is 0 Å². The summed E-state index contributed by atoms with van der Waals surface area (Å²) in [5, 5.41) is 7.68. The fourth-order valence-electron chi connectivity index (χ4n) is 3.71. The van der Waals surface area contributed by atoms with Crippen LogP contribution in [0.5, 0.6) is 0 Å². The Morgan fingerprint density at radius 1 is 1.13 bits per heavy atom. The van der Waals surface area contributed by atoms with E-state index >= 15 is 0 Å². The summed E-state index contributed by atoms with van der Waals surface area (Å²) in [5.41, 5.74) is 3.56. The number of nitrogens with one attached hydrogen (secondary N) is 2. The first-order valence-corrected chi connectivity index (χ1v) is 11.3. The lowest BCUT2D eigenvalue weighted by Crippen LogP contribution is -3.13. The predicted molar refractivity (Wildman–Crippen MR) is 119 cm³/mol. The van der Waals surface area contributed by atoms with Gasteiger partial charge in [0, 0.05) is 11.1 Å². The zero-order valence-electron chi connectivity index (χ0n) is 17.5. The quantitative estimate of drug-likeness (QED) is 0.598. The molecule has 1 atom stereocenters. The largest absolute Gasteiger partial charge is 0.330 e. The maximum atomic E-state index is 12.9. The second-order valence-electron chi connectivity index (χ2n) is 7.83. The summed E-state index contributed by atoms with van der Waals surface area (Å²) in [6, 6.07) is 18.7. The van der Waals surface area contributed by atoms with Crippen molar-refractivity contribution in [2.24, 2.45) is 0 Å². The molecule has 0 radical (unpaired) electrons. The highest BCUT2D eigenvalue weighted by atomic mass is 32.2. The lowest BCUT2D eigenvalue weighted by Gasteiger charge is -2.33. The Morgan fingerprint density at radius 2 is 1.83 bits per heavy atom. The van der Waals surface area contributed by atoms with Gasteiger partial charge in [-0.1, -0.05) is 71.9 Å². The zero-order valence-corrected chi connectivity index (χ0v) is 18.3. The Balaban J connectivity index is 1.29. The normalized spacial score (nSPS) is 15.9. The molecule has 30 heavy (non-hydrogen) atoms. The third-order valence-corrected chi connectivity index (χ3v) is 6.45. The topological polar surface area (TPSA) is 66.3 Å². The second kappa shape index (κ2) is 9.45. The van der Waals surface area contributed by atoms with E-state index in [1.165, 1.54) is 27.8 Å². The van der Waals surface area contributed by atoms with Gasteiger partial charge in [-0.25, -0.2) is 4.98 Å². The maximum Gasteiger partial charge on any atom is 0.236 e. The molecule has 1 saturated heterocycles. The van der Waals surface area contributed by atoms with Gasteiger partial charge in [0.25, 0.3) is 0 Å². The van der Waals surface area contributed by atoms with Crippen LogP contribution >= 0.6 is 11.8 Å². The number of carbonyl (C=O) groups excluding carboxylic acids is 1. The number of benzene rings is 2. The smallest absolute Gasteiger partial charge is 0.236 e. The van der Waals surface area contributed by atoms with Gasteiger partial charge >= 0.3 is 0 Å². The van der Waals surface area contributed by atoms with Crippen LogP contribution in [0.1, 0.15) is 18.1 Å². The summed E-state index contributed by atoms with van der Waals surface area (Å²) in [4.78, 5) is 21.0. The van der Waals surface area contributed by atoms with Crippen LogP contribution in [0.3, 0.4) is 0 Å². The van der Waals surface area contributed by atoms with Gasteiger partial charge in [-0.05, 0) is 13.8 Å². The molecule has 1 aliphatic heterocycles. The van der Waals surface area contributed by atoms with Crippen molar-refractivity contribution in [2.45, 2.75) is 30.8 Å². The third-order valence-electron chi connectivity index (χ3n) is 5.50. The predicted octanol–water partition coefficient (Wildman–Crippen LogP) is 2.19. The molecule has 1 aliphatic rings. The average Bonchev–Trinajstić information content (AvgIpc) is 3.23. The summed E-state index contributed by atoms with van der Waals surface area (Å²) in [7, 11) is 0. The Kier molecular flexibility index (Phi) is 6.50. The number of hydrogen-bond donors (Lipinski definition) is 2. The van der Waals surface area contributed by atoms with Crippen LogP contribution in [-0.2, 0) is 11.3 Å². The molecule has 4 rings (SSSR count). The summed E-state index contributed by atoms with van der Waals surface area (Å²) in [5.74, 6) is 0.899. The molecule has 6 nitrogen and oxygen atoms in total. The van der Waals surface area contributed by atoms with Crippen LogP contribution in [0, 0.1) is 6.92 Å². The first kappa shape index (κ1) is 20.6. The molecule has 0 spiro atoms. The van der Waals surface area contributed by atoms with Gasteiger partial charge in [-0.3, -0.25) is 9.89 Å². The molecule has 0 aliphatic carbocycles. The Hall–Kier alpha value is -2.64. The molecule has 0 unspecified atom stereocenters. The molecule has 0 saturated carbocycles. The molecule has 2 heterocycles. The highest BCUT2D eigenvalue weighted by Crippen LogP contribution is 2.24. The Labute approximate surface area is 181 Å². The lowest BCUT2D eigenvalue weighted by atomic mass is 10.1. The number of amides is 1. The Morgan fingerprint density at radius 3 is 2.53 bits per heavy atom. The van der Waals surface area contributed by atoms with Crippen LogP contribution in [-0.4, -0.2) is 57.4 Å². The van der Waals surface area contributed by atoms with Gasteiger partial charge in [-0.15, -0.1) is 5.10 Å². The molecule has 1 aromatic heterocycles. The van der Waals surface area contributed by atoms with E-state index in [4.69, 9.17) is 0 Å². The number of rotatable bonds is 6. The number of thioether (sulfide) groups is 1. The molecule has 0 bridgehead atoms. The summed E-state index contributed by atoms with van der Waals surface area (Å²) < 4.78 is 0. The van der Waals surface area contributed by atoms with Crippen molar-refractivity contribution in [1.82, 2.24) is 20.1 Å². The van der Waals surface area contributed by atoms with Crippen molar-refractivity contribution < 1.29 is 9.69 Å². The van der Waals surface area contributed by atoms with Crippen molar-refractivity contribution >= 4 is 17.7 Å². The number of hydrogen-bond acceptors (Lipinski definition) is 4. The molecule has 156 valence electrons. The standard InChI is InChI=1S/C23H27N5OS/c1-17-8-10-20(11-9-17)21-24-23(26-25-21)30-18(2)22(29)28-14-12-27(13-15-28)16-19-6-4-3-5-7-19/h3-11,18H,12-16H2,1-2H3,(H,24,25,26)/p+1/t18-/m1/s1. The molecule has 7 heteroatoms. The minimum atomic E-state index is -0.206. The number of aromatic nitrogens is 3. The fraction of sp³-hybridized carbons (Fsp3) is 0.348. The van der Waals surface area contributed by atoms with Crippen molar-refractivity contribution in [3.63, 3.8) is 0 Å². The lowest BCUT2D eigenvalue weighted by molar-refractivity contribution is -0.917. The van der Waals surface area contributed by atoms with Gasteiger partial charge in [0.1, 0.15) is 6.54 Å². The third kappa shape index (κ3) is 5.09. The van der Waals surface area contributed by atoms with Crippen LogP contribution in [0.2, 0.25) is 0 Å². The van der Waals surface area contributed by atoms with E-state index in [-0.39, 0.29) is 11.2 Å². The van der Waals surface area contributed by atoms with Gasteiger partial charge in [-0.2, -0.15) is 0 Å². The van der Waals surface area contributed by atoms with E-state index in [0.717, 1.165) is 44.1 Å². The SMILES string of the molecule is Cc1ccc(-c2nc(S[C@H](C)C(=O)N3CC[NH+](Cc4ccccc4)CC3)n[nH]2)cc1. The first-order valence-electron chi connectivity index (χ1n) is 10.4. The zero-order chi connectivity index (χ0) is 20.9. The van der Waals surface area contributed by atoms with Crippen LogP contribution in [0.4, 0.5) is 0 Å². The summed E-state index contributed by atoms with van der Waals surface area (Å²) in [6.45, 7) is 8.58. The van der Waals surface area contributed by atoms with Crippen molar-refractivity contribution in [3.8, 4) is 11.4 Å². The minimum absolute atomic E-state index is 0.167. The van der Waals surface area contributed by atoms with E-state index in [1.54, 1.807) is 0 Å². The molecule has 2 N–H and O–H groups in total. The minimum Gasteiger partial charge on any atom is -0.330 e. The molecule has 1 fully saturated rings. The summed E-state index contributed by atoms with van der Waals surface area (Å²) in [6.07, 6.45) is 0. The van der Waals surface area contributed by atoms with Gasteiger partial charge in [0.15, 0.2) is 5.82 Å². The van der Waals surface area contributed by atoms with Crippen molar-refractivity contribution in [2.75, 3.05) is 26.2 Å². The van der Waals surface area contributed by atoms with Crippen molar-refractivity contribution in [3.05, 3.63) is 65.7 Å². The molecular formula is C23H28N5OS+. The number of aryl methyl sites for hydroxylation is 1. The van der Waals surface area contributed by atoms with Gasteiger partial charge in [0.2, 0.25) is 11.1 Å². The van der Waals surface area contributed by atoms with E-state index in [9.17, 15) is 4.79 Å². The molecule has 1 amide bonds. The number of piperazine rings is 1. The first-order chi connectivity index (χ1) is 14.6. The second-order valence-corrected chi connectivity index (χ2v) is 9.14. The number of quaternary nitrogens is 1. The Bertz CT molecular complexity index is 965. The van der Waals surface area contributed by atoms with E-state index in [2.05, 4.69) is 58.5 Å². The van der Waals surface area contributed by atoms with Crippen LogP contribution in [0.15, 0.2) is 59.8 Å². The number of carbonyl (C=O) groups is 1. The molecular weight excluding hydrogens is 394 g/mol. The molecule has 3 aromatic rings. The fourth-order valence-corrected chi connectivity index (χ4v) is 4.52. The van der Waals surface area contributed by atoms with Crippen LogP contribution < -0.4 is 4.90 Å². The maximum absolute atomic E-state index is 12.9. The number of H-pyrrole nitrogens is 1. The monoisotopic (exact) mass is 422 g/mol. The van der Waals surface area contributed by atoms with E-state index in [1.807, 2.05) is 30.0 Å². The van der Waals surface area contributed by atoms with E-state index in [0.29, 0.717) is 5.16 Å². The highest BCUT2D eigenvalue weighted by Gasteiger charge is 2.28. The average molecular weight is 423 g/mol. The number of nitrogens with zero attached hydrogens (tertiary/aromatic N) is 3. The van der Waals surface area contributed by atoms with Gasteiger partial charge < -0.3 is 9.80 Å². The van der Waals surface area contributed by atoms with Crippen LogP contribution in [0.25, 0.3) is 11.4 Å². The van der Waals surface area contributed by atoms with Crippen molar-refractivity contribution in [1.29, 1.82) is 0 Å².